The summed E-state index contributed by atoms with van der Waals surface area (Å²) in [5, 5.41) is 9.20. The Balaban J connectivity index is 1.49. The smallest absolute Gasteiger partial charge is 0.477 e. The minimum atomic E-state index is -5.25. The molecule has 0 unspecified atom stereocenters. The first-order valence-corrected chi connectivity index (χ1v) is 14.1. The maximum Gasteiger partial charge on any atom is 0.573 e. The van der Waals surface area contributed by atoms with Crippen LogP contribution in [0.1, 0.15) is 28.8 Å². The maximum absolute atomic E-state index is 15.8. The van der Waals surface area contributed by atoms with Crippen molar-refractivity contribution in [2.45, 2.75) is 25.7 Å². The van der Waals surface area contributed by atoms with E-state index in [0.717, 1.165) is 48.3 Å². The Morgan fingerprint density at radius 1 is 0.955 bits per heavy atom. The summed E-state index contributed by atoms with van der Waals surface area (Å²) in [5.74, 6) is -3.24. The Morgan fingerprint density at radius 3 is 2.20 bits per heavy atom. The number of hydrogen-bond acceptors (Lipinski definition) is 8. The number of rotatable bonds is 7. The Hall–Kier alpha value is -4.72. The monoisotopic (exact) mass is 612 g/mol. The Bertz CT molecular complexity index is 1730. The van der Waals surface area contributed by atoms with E-state index in [1.54, 1.807) is 42.7 Å². The molecule has 44 heavy (non-hydrogen) atoms. The van der Waals surface area contributed by atoms with Gasteiger partial charge >= 0.3 is 12.3 Å². The number of ether oxygens (including phenoxy) is 1. The summed E-state index contributed by atoms with van der Waals surface area (Å²) in [6, 6.07) is 9.27. The summed E-state index contributed by atoms with van der Waals surface area (Å²) in [5.41, 5.74) is -1.49. The lowest BCUT2D eigenvalue weighted by molar-refractivity contribution is -0.274. The van der Waals surface area contributed by atoms with E-state index in [1.165, 1.54) is 4.90 Å². The molecule has 6 rings (SSSR count). The number of alkyl halides is 3. The highest BCUT2D eigenvalue weighted by molar-refractivity contribution is 5.98. The molecule has 0 atom stereocenters. The van der Waals surface area contributed by atoms with Gasteiger partial charge in [0, 0.05) is 57.0 Å². The van der Waals surface area contributed by atoms with Gasteiger partial charge in [-0.25, -0.2) is 19.2 Å². The normalized spacial score (nSPS) is 16.1. The molecule has 4 heterocycles. The highest BCUT2D eigenvalue weighted by Gasteiger charge is 2.37. The molecule has 2 aliphatic rings. The lowest BCUT2D eigenvalue weighted by Crippen LogP contribution is -2.47. The van der Waals surface area contributed by atoms with E-state index in [1.807, 2.05) is 4.90 Å². The van der Waals surface area contributed by atoms with Crippen LogP contribution in [0.2, 0.25) is 0 Å². The van der Waals surface area contributed by atoms with Gasteiger partial charge in [-0.1, -0.05) is 12.1 Å². The van der Waals surface area contributed by atoms with Crippen molar-refractivity contribution in [2.24, 2.45) is 0 Å². The second-order valence-electron chi connectivity index (χ2n) is 10.7. The van der Waals surface area contributed by atoms with Gasteiger partial charge in [-0.3, -0.25) is 9.69 Å². The number of benzene rings is 2. The van der Waals surface area contributed by atoms with Crippen molar-refractivity contribution in [1.29, 1.82) is 0 Å². The fourth-order valence-electron chi connectivity index (χ4n) is 5.82. The van der Waals surface area contributed by atoms with Crippen LogP contribution in [0, 0.1) is 5.82 Å². The molecule has 14 heteroatoms. The van der Waals surface area contributed by atoms with E-state index < -0.39 is 51.5 Å². The van der Waals surface area contributed by atoms with Crippen molar-refractivity contribution < 1.29 is 32.2 Å². The number of hydrogen-bond donors (Lipinski definition) is 1. The standard InChI is InChI=1S/C30H28F4N6O4/c31-23-16-21-24(27(44-30(32,33)34)25(23)38-12-14-39(15-13-38)29-35-8-3-9-36-29)40(18-22(26(21)41)28(42)43)20-6-4-19(5-7-20)17-37-10-1-2-11-37/h3-9,16,18H,1-2,10-15,17H2,(H,42,43). The van der Waals surface area contributed by atoms with Crippen molar-refractivity contribution in [3.05, 3.63) is 82.2 Å². The number of halogens is 4. The zero-order valence-corrected chi connectivity index (χ0v) is 23.4. The molecule has 230 valence electrons. The maximum atomic E-state index is 15.8. The third kappa shape index (κ3) is 5.89. The van der Waals surface area contributed by atoms with E-state index >= 15 is 4.39 Å². The molecule has 0 spiro atoms. The first kappa shape index (κ1) is 29.4. The molecule has 0 bridgehead atoms. The number of aromatic nitrogens is 3. The van der Waals surface area contributed by atoms with E-state index in [-0.39, 0.29) is 31.9 Å². The Kier molecular flexibility index (Phi) is 7.84. The summed E-state index contributed by atoms with van der Waals surface area (Å²) in [7, 11) is 0. The number of anilines is 2. The van der Waals surface area contributed by atoms with Crippen LogP contribution in [0.15, 0.2) is 59.8 Å². The molecule has 2 fully saturated rings. The molecule has 2 aromatic carbocycles. The second kappa shape index (κ2) is 11.8. The highest BCUT2D eigenvalue weighted by Crippen LogP contribution is 2.42. The Morgan fingerprint density at radius 2 is 1.59 bits per heavy atom. The molecular weight excluding hydrogens is 584 g/mol. The first-order valence-electron chi connectivity index (χ1n) is 14.1. The van der Waals surface area contributed by atoms with Gasteiger partial charge in [-0.15, -0.1) is 13.2 Å². The predicted octanol–water partition coefficient (Wildman–Crippen LogP) is 4.44. The summed E-state index contributed by atoms with van der Waals surface area (Å²) in [6.07, 6.45) is 1.05. The van der Waals surface area contributed by atoms with Crippen LogP contribution in [-0.4, -0.2) is 76.1 Å². The first-order chi connectivity index (χ1) is 21.1. The predicted molar refractivity (Wildman–Crippen MR) is 154 cm³/mol. The average Bonchev–Trinajstić information content (AvgIpc) is 3.51. The summed E-state index contributed by atoms with van der Waals surface area (Å²) >= 11 is 0. The summed E-state index contributed by atoms with van der Waals surface area (Å²) in [4.78, 5) is 39.1. The molecule has 2 aromatic heterocycles. The van der Waals surface area contributed by atoms with Crippen LogP contribution < -0.4 is 20.0 Å². The number of carbonyl (C=O) groups is 1. The number of fused-ring (bicyclic) bond motifs is 1. The van der Waals surface area contributed by atoms with Crippen molar-refractivity contribution in [3.63, 3.8) is 0 Å². The van der Waals surface area contributed by atoms with Gasteiger partial charge in [0.2, 0.25) is 11.4 Å². The molecule has 0 aliphatic carbocycles. The summed E-state index contributed by atoms with van der Waals surface area (Å²) in [6.45, 7) is 3.35. The average molecular weight is 613 g/mol. The van der Waals surface area contributed by atoms with Gasteiger partial charge in [-0.2, -0.15) is 0 Å². The molecule has 2 saturated heterocycles. The zero-order valence-electron chi connectivity index (χ0n) is 23.4. The van der Waals surface area contributed by atoms with E-state index in [4.69, 9.17) is 0 Å². The quantitative estimate of drug-likeness (QED) is 0.304. The summed E-state index contributed by atoms with van der Waals surface area (Å²) < 4.78 is 63.3. The van der Waals surface area contributed by atoms with E-state index in [2.05, 4.69) is 19.6 Å². The number of nitrogens with zero attached hydrogens (tertiary/aromatic N) is 6. The number of aromatic carboxylic acids is 1. The molecule has 1 N–H and O–H groups in total. The van der Waals surface area contributed by atoms with Gasteiger partial charge in [0.25, 0.3) is 0 Å². The number of piperazine rings is 1. The van der Waals surface area contributed by atoms with Gasteiger partial charge in [-0.05, 0) is 55.8 Å². The van der Waals surface area contributed by atoms with Gasteiger partial charge in [0.05, 0.1) is 5.39 Å². The number of carboxylic acids is 1. The van der Waals surface area contributed by atoms with E-state index in [9.17, 15) is 27.9 Å². The number of carboxylic acid groups (broad SMARTS) is 1. The fourth-order valence-corrected chi connectivity index (χ4v) is 5.82. The van der Waals surface area contributed by atoms with Crippen LogP contribution in [0.25, 0.3) is 16.6 Å². The third-order valence-electron chi connectivity index (χ3n) is 7.87. The topological polar surface area (TPSA) is 104 Å². The molecule has 4 aromatic rings. The van der Waals surface area contributed by atoms with Crippen molar-refractivity contribution >= 4 is 28.5 Å². The number of pyridine rings is 1. The van der Waals surface area contributed by atoms with Crippen molar-refractivity contribution in [2.75, 3.05) is 49.1 Å². The van der Waals surface area contributed by atoms with Crippen LogP contribution in [-0.2, 0) is 6.54 Å². The van der Waals surface area contributed by atoms with Crippen LogP contribution in [0.3, 0.4) is 0 Å². The van der Waals surface area contributed by atoms with E-state index in [0.29, 0.717) is 12.5 Å². The molecular formula is C30H28F4N6O4. The fraction of sp³-hybridized carbons (Fsp3) is 0.333. The minimum absolute atomic E-state index is 0.0948. The Labute approximate surface area is 248 Å². The minimum Gasteiger partial charge on any atom is -0.477 e. The van der Waals surface area contributed by atoms with Crippen LogP contribution in [0.5, 0.6) is 5.75 Å². The largest absolute Gasteiger partial charge is 0.573 e. The van der Waals surface area contributed by atoms with Crippen molar-refractivity contribution in [1.82, 2.24) is 19.4 Å². The molecule has 0 saturated carbocycles. The van der Waals surface area contributed by atoms with Crippen molar-refractivity contribution in [3.8, 4) is 11.4 Å². The lowest BCUT2D eigenvalue weighted by atomic mass is 10.1. The highest BCUT2D eigenvalue weighted by atomic mass is 19.4. The molecule has 0 radical (unpaired) electrons. The molecule has 10 nitrogen and oxygen atoms in total. The zero-order chi connectivity index (χ0) is 31.0. The third-order valence-corrected chi connectivity index (χ3v) is 7.87. The lowest BCUT2D eigenvalue weighted by Gasteiger charge is -2.37. The van der Waals surface area contributed by atoms with Crippen LogP contribution >= 0.6 is 0 Å². The number of likely N-dealkylation sites (tertiary alicyclic amines) is 1. The SMILES string of the molecule is O=C(O)c1cn(-c2ccc(CN3CCCC3)cc2)c2c(OC(F)(F)F)c(N3CCN(c4ncccn4)CC3)c(F)cc2c1=O. The second-order valence-corrected chi connectivity index (χ2v) is 10.7. The molecule has 2 aliphatic heterocycles. The van der Waals surface area contributed by atoms with Crippen LogP contribution in [0.4, 0.5) is 29.2 Å². The van der Waals surface area contributed by atoms with Gasteiger partial charge < -0.3 is 24.2 Å². The van der Waals surface area contributed by atoms with Gasteiger partial charge in [0.1, 0.15) is 16.8 Å². The molecule has 0 amide bonds. The van der Waals surface area contributed by atoms with Gasteiger partial charge in [0.15, 0.2) is 11.6 Å².